The molecular formula is C13H10Cl2N2O3. The molecule has 7 heteroatoms. The van der Waals surface area contributed by atoms with E-state index in [1.807, 2.05) is 0 Å². The second-order valence-corrected chi connectivity index (χ2v) is 4.84. The lowest BCUT2D eigenvalue weighted by atomic mass is 10.3. The number of carboxylic acid groups (broad SMARTS) is 1. The molecule has 1 heterocycles. The molecule has 0 radical (unpaired) electrons. The number of amides is 1. The summed E-state index contributed by atoms with van der Waals surface area (Å²) >= 11 is 11.7. The van der Waals surface area contributed by atoms with E-state index in [1.165, 1.54) is 22.9 Å². The van der Waals surface area contributed by atoms with Gasteiger partial charge in [0.25, 0.3) is 0 Å². The monoisotopic (exact) mass is 312 g/mol. The Bertz CT molecular complexity index is 667. The SMILES string of the molecule is O=C(Cn1cccc1C(=O)O)Nc1ccc(Cl)cc1Cl. The van der Waals surface area contributed by atoms with Gasteiger partial charge in [-0.25, -0.2) is 4.79 Å². The Morgan fingerprint density at radius 3 is 2.65 bits per heavy atom. The summed E-state index contributed by atoms with van der Waals surface area (Å²) in [6.45, 7) is -0.117. The van der Waals surface area contributed by atoms with Crippen LogP contribution in [0.4, 0.5) is 5.69 Å². The van der Waals surface area contributed by atoms with E-state index in [9.17, 15) is 9.59 Å². The van der Waals surface area contributed by atoms with Gasteiger partial charge in [0.05, 0.1) is 10.7 Å². The topological polar surface area (TPSA) is 71.3 Å². The highest BCUT2D eigenvalue weighted by molar-refractivity contribution is 6.36. The molecule has 0 fully saturated rings. The minimum atomic E-state index is -1.09. The van der Waals surface area contributed by atoms with Crippen molar-refractivity contribution in [2.45, 2.75) is 6.54 Å². The maximum atomic E-state index is 11.9. The number of aromatic nitrogens is 1. The van der Waals surface area contributed by atoms with Gasteiger partial charge in [0.15, 0.2) is 0 Å². The summed E-state index contributed by atoms with van der Waals surface area (Å²) in [5, 5.41) is 12.3. The predicted octanol–water partition coefficient (Wildman–Crippen LogP) is 3.13. The van der Waals surface area contributed by atoms with Gasteiger partial charge in [-0.1, -0.05) is 23.2 Å². The smallest absolute Gasteiger partial charge is 0.352 e. The van der Waals surface area contributed by atoms with Crippen molar-refractivity contribution >= 4 is 40.8 Å². The molecule has 104 valence electrons. The van der Waals surface area contributed by atoms with Crippen molar-refractivity contribution in [2.75, 3.05) is 5.32 Å². The molecule has 0 spiro atoms. The molecule has 0 aliphatic carbocycles. The number of anilines is 1. The average molecular weight is 313 g/mol. The lowest BCUT2D eigenvalue weighted by Gasteiger charge is -2.09. The van der Waals surface area contributed by atoms with Crippen LogP contribution in [0.5, 0.6) is 0 Å². The molecule has 0 atom stereocenters. The van der Waals surface area contributed by atoms with Gasteiger partial charge in [-0.05, 0) is 30.3 Å². The van der Waals surface area contributed by atoms with Crippen LogP contribution >= 0.6 is 23.2 Å². The number of carbonyl (C=O) groups excluding carboxylic acids is 1. The Balaban J connectivity index is 2.09. The fraction of sp³-hybridized carbons (Fsp3) is 0.0769. The van der Waals surface area contributed by atoms with Crippen LogP contribution in [0.1, 0.15) is 10.5 Å². The number of rotatable bonds is 4. The number of benzene rings is 1. The van der Waals surface area contributed by atoms with Crippen molar-refractivity contribution in [2.24, 2.45) is 0 Å². The number of halogens is 2. The van der Waals surface area contributed by atoms with Gasteiger partial charge in [-0.15, -0.1) is 0 Å². The van der Waals surface area contributed by atoms with Gasteiger partial charge in [-0.3, -0.25) is 4.79 Å². The fourth-order valence-electron chi connectivity index (χ4n) is 1.68. The molecule has 20 heavy (non-hydrogen) atoms. The van der Waals surface area contributed by atoms with Crippen LogP contribution in [0.2, 0.25) is 10.0 Å². The van der Waals surface area contributed by atoms with Gasteiger partial charge < -0.3 is 15.0 Å². The number of carboxylic acids is 1. The van der Waals surface area contributed by atoms with Crippen LogP contribution in [-0.4, -0.2) is 21.6 Å². The van der Waals surface area contributed by atoms with E-state index in [2.05, 4.69) is 5.32 Å². The normalized spacial score (nSPS) is 10.3. The maximum absolute atomic E-state index is 11.9. The zero-order chi connectivity index (χ0) is 14.7. The molecule has 2 N–H and O–H groups in total. The van der Waals surface area contributed by atoms with E-state index in [-0.39, 0.29) is 18.1 Å². The maximum Gasteiger partial charge on any atom is 0.352 e. The first-order valence-corrected chi connectivity index (χ1v) is 6.36. The van der Waals surface area contributed by atoms with Crippen molar-refractivity contribution < 1.29 is 14.7 Å². The minimum absolute atomic E-state index is 0.0438. The summed E-state index contributed by atoms with van der Waals surface area (Å²) in [5.74, 6) is -1.47. The van der Waals surface area contributed by atoms with Gasteiger partial charge in [-0.2, -0.15) is 0 Å². The van der Waals surface area contributed by atoms with E-state index in [1.54, 1.807) is 18.2 Å². The molecule has 0 aliphatic heterocycles. The van der Waals surface area contributed by atoms with Gasteiger partial charge in [0, 0.05) is 11.2 Å². The largest absolute Gasteiger partial charge is 0.477 e. The molecule has 1 aromatic heterocycles. The Morgan fingerprint density at radius 2 is 2.00 bits per heavy atom. The van der Waals surface area contributed by atoms with Crippen molar-refractivity contribution in [3.63, 3.8) is 0 Å². The second-order valence-electron chi connectivity index (χ2n) is 4.00. The molecule has 0 bridgehead atoms. The number of aromatic carboxylic acids is 1. The zero-order valence-electron chi connectivity index (χ0n) is 10.1. The fourth-order valence-corrected chi connectivity index (χ4v) is 2.14. The lowest BCUT2D eigenvalue weighted by molar-refractivity contribution is -0.116. The van der Waals surface area contributed by atoms with Crippen molar-refractivity contribution in [1.29, 1.82) is 0 Å². The number of carbonyl (C=O) groups is 2. The van der Waals surface area contributed by atoms with Gasteiger partial charge in [0.1, 0.15) is 12.2 Å². The zero-order valence-corrected chi connectivity index (χ0v) is 11.6. The van der Waals surface area contributed by atoms with Crippen LogP contribution in [0, 0.1) is 0 Å². The molecule has 0 aliphatic rings. The van der Waals surface area contributed by atoms with E-state index in [0.29, 0.717) is 15.7 Å². The van der Waals surface area contributed by atoms with Crippen LogP contribution in [0.15, 0.2) is 36.5 Å². The molecule has 0 saturated carbocycles. The van der Waals surface area contributed by atoms with Crippen molar-refractivity contribution in [3.05, 3.63) is 52.3 Å². The van der Waals surface area contributed by atoms with Gasteiger partial charge >= 0.3 is 5.97 Å². The Kier molecular flexibility index (Phi) is 4.32. The van der Waals surface area contributed by atoms with Crippen LogP contribution in [-0.2, 0) is 11.3 Å². The summed E-state index contributed by atoms with van der Waals surface area (Å²) in [6, 6.07) is 7.67. The number of nitrogens with zero attached hydrogens (tertiary/aromatic N) is 1. The molecule has 0 unspecified atom stereocenters. The molecule has 2 rings (SSSR count). The van der Waals surface area contributed by atoms with Gasteiger partial charge in [0.2, 0.25) is 5.91 Å². The highest BCUT2D eigenvalue weighted by atomic mass is 35.5. The van der Waals surface area contributed by atoms with E-state index < -0.39 is 5.97 Å². The first kappa shape index (κ1) is 14.4. The molecule has 2 aromatic rings. The van der Waals surface area contributed by atoms with Crippen molar-refractivity contribution in [1.82, 2.24) is 4.57 Å². The summed E-state index contributed by atoms with van der Waals surface area (Å²) in [4.78, 5) is 22.8. The Hall–Kier alpha value is -1.98. The quantitative estimate of drug-likeness (QED) is 0.911. The molecule has 0 saturated heterocycles. The molecule has 1 amide bonds. The number of nitrogens with one attached hydrogen (secondary N) is 1. The van der Waals surface area contributed by atoms with Crippen LogP contribution in [0.25, 0.3) is 0 Å². The summed E-state index contributed by atoms with van der Waals surface area (Å²) in [5.41, 5.74) is 0.465. The summed E-state index contributed by atoms with van der Waals surface area (Å²) < 4.78 is 1.33. The standard InChI is InChI=1S/C13H10Cl2N2O3/c14-8-3-4-10(9(15)6-8)16-12(18)7-17-5-1-2-11(17)13(19)20/h1-6H,7H2,(H,16,18)(H,19,20). The number of hydrogen-bond donors (Lipinski definition) is 2. The van der Waals surface area contributed by atoms with E-state index in [0.717, 1.165) is 0 Å². The first-order chi connectivity index (χ1) is 9.47. The third-order valence-corrected chi connectivity index (χ3v) is 3.12. The number of hydrogen-bond acceptors (Lipinski definition) is 2. The van der Waals surface area contributed by atoms with Crippen LogP contribution in [0.3, 0.4) is 0 Å². The first-order valence-electron chi connectivity index (χ1n) is 5.60. The summed E-state index contributed by atoms with van der Waals surface area (Å²) in [6.07, 6.45) is 1.52. The molecule has 1 aromatic carbocycles. The lowest BCUT2D eigenvalue weighted by Crippen LogP contribution is -2.21. The third kappa shape index (κ3) is 3.31. The second kappa shape index (κ2) is 5.98. The predicted molar refractivity (Wildman–Crippen MR) is 76.5 cm³/mol. The average Bonchev–Trinajstić information content (AvgIpc) is 2.81. The third-order valence-electron chi connectivity index (χ3n) is 2.57. The Labute approximate surface area is 124 Å². The van der Waals surface area contributed by atoms with E-state index >= 15 is 0 Å². The van der Waals surface area contributed by atoms with Crippen molar-refractivity contribution in [3.8, 4) is 0 Å². The molecular weight excluding hydrogens is 303 g/mol. The van der Waals surface area contributed by atoms with Crippen LogP contribution < -0.4 is 5.32 Å². The minimum Gasteiger partial charge on any atom is -0.477 e. The Morgan fingerprint density at radius 1 is 1.25 bits per heavy atom. The summed E-state index contributed by atoms with van der Waals surface area (Å²) in [7, 11) is 0. The molecule has 5 nitrogen and oxygen atoms in total. The van der Waals surface area contributed by atoms with E-state index in [4.69, 9.17) is 28.3 Å². The highest BCUT2D eigenvalue weighted by Crippen LogP contribution is 2.25. The highest BCUT2D eigenvalue weighted by Gasteiger charge is 2.12.